The van der Waals surface area contributed by atoms with Crippen molar-refractivity contribution < 1.29 is 13.9 Å². The zero-order valence-corrected chi connectivity index (χ0v) is 16.7. The number of fused-ring (bicyclic) bond motifs is 3. The maximum atomic E-state index is 13.8. The summed E-state index contributed by atoms with van der Waals surface area (Å²) in [6, 6.07) is 13.9. The Labute approximate surface area is 165 Å². The molecule has 0 radical (unpaired) electrons. The van der Waals surface area contributed by atoms with Gasteiger partial charge >= 0.3 is 0 Å². The summed E-state index contributed by atoms with van der Waals surface area (Å²) in [4.78, 5) is 11.5. The Morgan fingerprint density at radius 1 is 1.18 bits per heavy atom. The van der Waals surface area contributed by atoms with E-state index in [0.717, 1.165) is 37.0 Å². The fourth-order valence-corrected chi connectivity index (χ4v) is 3.68. The molecule has 0 spiro atoms. The highest BCUT2D eigenvalue weighted by molar-refractivity contribution is 5.86. The van der Waals surface area contributed by atoms with Crippen molar-refractivity contribution in [3.63, 3.8) is 0 Å². The SMILES string of the molecule is CCOC=O.Cc1ccc(Cn2c3c(c4cc(F)ccc42)CN(C)CC3)cc1. The largest absolute Gasteiger partial charge is 0.468 e. The minimum atomic E-state index is -0.152. The maximum Gasteiger partial charge on any atom is 0.293 e. The lowest BCUT2D eigenvalue weighted by atomic mass is 10.0. The van der Waals surface area contributed by atoms with Crippen LogP contribution in [-0.4, -0.2) is 36.1 Å². The second kappa shape index (κ2) is 9.02. The molecule has 0 unspecified atom stereocenters. The van der Waals surface area contributed by atoms with Gasteiger partial charge in [-0.3, -0.25) is 4.79 Å². The van der Waals surface area contributed by atoms with E-state index in [0.29, 0.717) is 13.1 Å². The van der Waals surface area contributed by atoms with E-state index in [-0.39, 0.29) is 5.82 Å². The molecule has 148 valence electrons. The summed E-state index contributed by atoms with van der Waals surface area (Å²) >= 11 is 0. The summed E-state index contributed by atoms with van der Waals surface area (Å²) in [5, 5.41) is 1.07. The number of nitrogens with zero attached hydrogens (tertiary/aromatic N) is 2. The molecular weight excluding hydrogens is 355 g/mol. The number of aromatic nitrogens is 1. The van der Waals surface area contributed by atoms with Crippen LogP contribution in [0.3, 0.4) is 0 Å². The molecule has 0 saturated heterocycles. The van der Waals surface area contributed by atoms with E-state index in [1.54, 1.807) is 19.1 Å². The van der Waals surface area contributed by atoms with Gasteiger partial charge in [-0.15, -0.1) is 0 Å². The molecule has 0 bridgehead atoms. The number of rotatable bonds is 4. The molecule has 5 heteroatoms. The number of benzene rings is 2. The van der Waals surface area contributed by atoms with Crippen molar-refractivity contribution in [2.24, 2.45) is 0 Å². The van der Waals surface area contributed by atoms with Crippen LogP contribution in [0, 0.1) is 12.7 Å². The van der Waals surface area contributed by atoms with Crippen molar-refractivity contribution >= 4 is 17.4 Å². The summed E-state index contributed by atoms with van der Waals surface area (Å²) in [6.07, 6.45) is 1.02. The van der Waals surface area contributed by atoms with Gasteiger partial charge in [-0.05, 0) is 50.2 Å². The van der Waals surface area contributed by atoms with Gasteiger partial charge in [0.05, 0.1) is 6.61 Å². The highest BCUT2D eigenvalue weighted by Crippen LogP contribution is 2.31. The van der Waals surface area contributed by atoms with E-state index in [1.807, 2.05) is 6.07 Å². The number of likely N-dealkylation sites (N-methyl/N-ethyl adjacent to an activating group) is 1. The quantitative estimate of drug-likeness (QED) is 0.631. The number of aryl methyl sites for hydroxylation is 1. The monoisotopic (exact) mass is 382 g/mol. The normalized spacial score (nSPS) is 13.6. The van der Waals surface area contributed by atoms with Gasteiger partial charge in [0.15, 0.2) is 0 Å². The van der Waals surface area contributed by atoms with Gasteiger partial charge in [-0.1, -0.05) is 29.8 Å². The Morgan fingerprint density at radius 2 is 1.93 bits per heavy atom. The smallest absolute Gasteiger partial charge is 0.293 e. The van der Waals surface area contributed by atoms with E-state index >= 15 is 0 Å². The molecule has 0 atom stereocenters. The van der Waals surface area contributed by atoms with Gasteiger partial charge in [0.1, 0.15) is 5.82 Å². The molecule has 0 saturated carbocycles. The topological polar surface area (TPSA) is 34.5 Å². The van der Waals surface area contributed by atoms with Crippen LogP contribution in [-0.2, 0) is 29.0 Å². The van der Waals surface area contributed by atoms with Crippen molar-refractivity contribution in [1.29, 1.82) is 0 Å². The van der Waals surface area contributed by atoms with Gasteiger partial charge in [0.2, 0.25) is 0 Å². The molecule has 28 heavy (non-hydrogen) atoms. The van der Waals surface area contributed by atoms with Crippen molar-refractivity contribution in [3.05, 3.63) is 70.7 Å². The van der Waals surface area contributed by atoms with Gasteiger partial charge in [0, 0.05) is 42.7 Å². The van der Waals surface area contributed by atoms with Crippen LogP contribution in [0.5, 0.6) is 0 Å². The molecule has 2 aromatic carbocycles. The zero-order valence-electron chi connectivity index (χ0n) is 16.7. The number of carbonyl (C=O) groups is 1. The van der Waals surface area contributed by atoms with Gasteiger partial charge in [-0.25, -0.2) is 4.39 Å². The first-order chi connectivity index (χ1) is 13.5. The number of halogens is 1. The third-order valence-electron chi connectivity index (χ3n) is 5.10. The lowest BCUT2D eigenvalue weighted by Crippen LogP contribution is -2.27. The number of hydrogen-bond acceptors (Lipinski definition) is 3. The molecule has 1 aliphatic rings. The fraction of sp³-hybridized carbons (Fsp3) is 0.348. The minimum Gasteiger partial charge on any atom is -0.468 e. The molecular formula is C23H27FN2O2. The van der Waals surface area contributed by atoms with E-state index in [9.17, 15) is 9.18 Å². The van der Waals surface area contributed by atoms with Crippen molar-refractivity contribution in [1.82, 2.24) is 9.47 Å². The van der Waals surface area contributed by atoms with Crippen LogP contribution in [0.2, 0.25) is 0 Å². The standard InChI is InChI=1S/C20H21FN2.C3H6O2/c1-14-3-5-15(6-4-14)12-23-19-8-7-16(21)11-17(19)18-13-22(2)10-9-20(18)23;1-2-5-3-4/h3-8,11H,9-10,12-13H2,1-2H3;3H,2H2,1H3. The molecule has 1 aliphatic heterocycles. The summed E-state index contributed by atoms with van der Waals surface area (Å²) < 4.78 is 20.3. The lowest BCUT2D eigenvalue weighted by molar-refractivity contribution is -0.128. The Kier molecular flexibility index (Phi) is 6.47. The van der Waals surface area contributed by atoms with Gasteiger partial charge < -0.3 is 14.2 Å². The molecule has 3 aromatic rings. The Balaban J connectivity index is 0.000000403. The molecule has 4 nitrogen and oxygen atoms in total. The molecule has 0 aliphatic carbocycles. The number of hydrogen-bond donors (Lipinski definition) is 0. The predicted molar refractivity (Wildman–Crippen MR) is 110 cm³/mol. The fourth-order valence-electron chi connectivity index (χ4n) is 3.68. The van der Waals surface area contributed by atoms with Crippen LogP contribution in [0.25, 0.3) is 10.9 Å². The Morgan fingerprint density at radius 3 is 2.57 bits per heavy atom. The zero-order chi connectivity index (χ0) is 20.1. The highest BCUT2D eigenvalue weighted by atomic mass is 19.1. The number of ether oxygens (including phenoxy) is 1. The van der Waals surface area contributed by atoms with E-state index in [2.05, 4.69) is 52.4 Å². The molecule has 4 rings (SSSR count). The van der Waals surface area contributed by atoms with Crippen molar-refractivity contribution in [2.45, 2.75) is 33.4 Å². The lowest BCUT2D eigenvalue weighted by Gasteiger charge is -2.24. The van der Waals surface area contributed by atoms with Crippen LogP contribution in [0.15, 0.2) is 42.5 Å². The van der Waals surface area contributed by atoms with Crippen LogP contribution >= 0.6 is 0 Å². The van der Waals surface area contributed by atoms with Crippen LogP contribution in [0.4, 0.5) is 4.39 Å². The second-order valence-corrected chi connectivity index (χ2v) is 7.20. The molecule has 1 aromatic heterocycles. The second-order valence-electron chi connectivity index (χ2n) is 7.20. The Bertz CT molecular complexity index is 947. The molecule has 0 amide bonds. The van der Waals surface area contributed by atoms with Crippen molar-refractivity contribution in [3.8, 4) is 0 Å². The first-order valence-electron chi connectivity index (χ1n) is 9.62. The highest BCUT2D eigenvalue weighted by Gasteiger charge is 2.22. The van der Waals surface area contributed by atoms with E-state index in [4.69, 9.17) is 0 Å². The molecule has 0 N–H and O–H groups in total. The Hall–Kier alpha value is -2.66. The molecule has 0 fully saturated rings. The van der Waals surface area contributed by atoms with Gasteiger partial charge in [-0.2, -0.15) is 0 Å². The van der Waals surface area contributed by atoms with Crippen molar-refractivity contribution in [2.75, 3.05) is 20.2 Å². The minimum absolute atomic E-state index is 0.152. The molecule has 2 heterocycles. The third-order valence-corrected chi connectivity index (χ3v) is 5.10. The van der Waals surface area contributed by atoms with E-state index < -0.39 is 0 Å². The first-order valence-corrected chi connectivity index (χ1v) is 9.62. The van der Waals surface area contributed by atoms with E-state index in [1.165, 1.54) is 22.4 Å². The van der Waals surface area contributed by atoms with Crippen LogP contribution in [0.1, 0.15) is 29.3 Å². The summed E-state index contributed by atoms with van der Waals surface area (Å²) in [5.74, 6) is -0.152. The average Bonchev–Trinajstić information content (AvgIpc) is 2.97. The third kappa shape index (κ3) is 4.42. The van der Waals surface area contributed by atoms with Crippen LogP contribution < -0.4 is 0 Å². The average molecular weight is 382 g/mol. The predicted octanol–water partition coefficient (Wildman–Crippen LogP) is 4.30. The first kappa shape index (κ1) is 20.1. The summed E-state index contributed by atoms with van der Waals surface area (Å²) in [5.41, 5.74) is 6.37. The summed E-state index contributed by atoms with van der Waals surface area (Å²) in [6.45, 7) is 7.57. The summed E-state index contributed by atoms with van der Waals surface area (Å²) in [7, 11) is 2.13. The number of carbonyl (C=O) groups excluding carboxylic acids is 1. The van der Waals surface area contributed by atoms with Gasteiger partial charge in [0.25, 0.3) is 6.47 Å². The maximum absolute atomic E-state index is 13.8.